The predicted octanol–water partition coefficient (Wildman–Crippen LogP) is 4.91. The molecule has 2 atom stereocenters. The number of H-pyrrole nitrogens is 1. The number of hydrogen-bond donors (Lipinski definition) is 4. The maximum absolute atomic E-state index is 6.28. The molecule has 0 amide bonds. The zero-order valence-electron chi connectivity index (χ0n) is 20.4. The number of nitrogens with two attached hydrogens (primary N) is 1. The lowest BCUT2D eigenvalue weighted by atomic mass is 9.76. The Balaban J connectivity index is 1.26. The molecule has 4 rings (SSSR count). The molecule has 2 aromatic rings. The van der Waals surface area contributed by atoms with E-state index in [1.165, 1.54) is 36.8 Å². The number of nitrogens with one attached hydrogen (secondary N) is 3. The number of hydrogen-bond acceptors (Lipinski definition) is 5. The molecule has 6 nitrogen and oxygen atoms in total. The number of aromatic amines is 1. The Morgan fingerprint density at radius 2 is 1.88 bits per heavy atom. The largest absolute Gasteiger partial charge is 0.368 e. The summed E-state index contributed by atoms with van der Waals surface area (Å²) in [6, 6.07) is 9.62. The van der Waals surface area contributed by atoms with E-state index in [1.54, 1.807) is 0 Å². The molecule has 2 unspecified atom stereocenters. The molecule has 6 heteroatoms. The van der Waals surface area contributed by atoms with Crippen molar-refractivity contribution in [3.05, 3.63) is 41.9 Å². The summed E-state index contributed by atoms with van der Waals surface area (Å²) in [5.41, 5.74) is 9.99. The summed E-state index contributed by atoms with van der Waals surface area (Å²) in [5.74, 6) is 3.46. The second-order valence-corrected chi connectivity index (χ2v) is 9.88. The van der Waals surface area contributed by atoms with Gasteiger partial charge in [-0.15, -0.1) is 0 Å². The van der Waals surface area contributed by atoms with Crippen molar-refractivity contribution in [3.63, 3.8) is 0 Å². The van der Waals surface area contributed by atoms with Gasteiger partial charge >= 0.3 is 0 Å². The first-order valence-corrected chi connectivity index (χ1v) is 13.1. The van der Waals surface area contributed by atoms with Gasteiger partial charge in [-0.2, -0.15) is 0 Å². The van der Waals surface area contributed by atoms with Gasteiger partial charge in [-0.05, 0) is 68.0 Å². The molecule has 1 aliphatic heterocycles. The van der Waals surface area contributed by atoms with Crippen LogP contribution in [0.3, 0.4) is 0 Å². The normalized spacial score (nSPS) is 23.8. The fraction of sp³-hybridized carbons (Fsp3) is 0.630. The van der Waals surface area contributed by atoms with Crippen LogP contribution in [0.1, 0.15) is 88.6 Å². The van der Waals surface area contributed by atoms with Crippen molar-refractivity contribution in [2.45, 2.75) is 83.2 Å². The molecular formula is C27H42N6. The molecule has 5 N–H and O–H groups in total. The van der Waals surface area contributed by atoms with E-state index in [1.807, 2.05) is 6.20 Å². The highest BCUT2D eigenvalue weighted by Crippen LogP contribution is 2.38. The third-order valence-electron chi connectivity index (χ3n) is 7.40. The van der Waals surface area contributed by atoms with E-state index < -0.39 is 0 Å². The van der Waals surface area contributed by atoms with Gasteiger partial charge in [0.1, 0.15) is 11.7 Å². The molecule has 1 saturated carbocycles. The van der Waals surface area contributed by atoms with Crippen molar-refractivity contribution in [2.24, 2.45) is 16.6 Å². The van der Waals surface area contributed by atoms with Crippen molar-refractivity contribution in [1.82, 2.24) is 20.6 Å². The second-order valence-electron chi connectivity index (χ2n) is 9.88. The first-order valence-electron chi connectivity index (χ1n) is 13.1. The molecule has 2 aliphatic rings. The van der Waals surface area contributed by atoms with Crippen LogP contribution in [0.15, 0.2) is 35.5 Å². The van der Waals surface area contributed by atoms with Crippen LogP contribution in [0.5, 0.6) is 0 Å². The van der Waals surface area contributed by atoms with Crippen molar-refractivity contribution in [3.8, 4) is 11.3 Å². The first-order chi connectivity index (χ1) is 16.2. The van der Waals surface area contributed by atoms with Crippen LogP contribution in [0.25, 0.3) is 11.3 Å². The Morgan fingerprint density at radius 1 is 1.09 bits per heavy atom. The monoisotopic (exact) mass is 450 g/mol. The lowest BCUT2D eigenvalue weighted by molar-refractivity contribution is 0.278. The minimum atomic E-state index is -0.00315. The zero-order valence-corrected chi connectivity index (χ0v) is 20.4. The second kappa shape index (κ2) is 11.8. The molecule has 180 valence electrons. The average Bonchev–Trinajstić information content (AvgIpc) is 3.53. The molecule has 0 saturated heterocycles. The van der Waals surface area contributed by atoms with E-state index in [4.69, 9.17) is 10.7 Å². The van der Waals surface area contributed by atoms with Crippen LogP contribution < -0.4 is 16.4 Å². The number of amidine groups is 1. The third kappa shape index (κ3) is 6.24. The lowest BCUT2D eigenvalue weighted by Crippen LogP contribution is -2.41. The van der Waals surface area contributed by atoms with E-state index in [2.05, 4.69) is 58.7 Å². The minimum absolute atomic E-state index is 0.00315. The number of imidazole rings is 1. The summed E-state index contributed by atoms with van der Waals surface area (Å²) in [7, 11) is 0. The maximum Gasteiger partial charge on any atom is 0.123 e. The van der Waals surface area contributed by atoms with E-state index in [0.717, 1.165) is 68.6 Å². The topological polar surface area (TPSA) is 91.1 Å². The van der Waals surface area contributed by atoms with Crippen molar-refractivity contribution < 1.29 is 0 Å². The Bertz CT molecular complexity index is 878. The highest BCUT2D eigenvalue weighted by molar-refractivity contribution is 5.86. The number of nitrogens with zero attached hydrogens (tertiary/aromatic N) is 2. The number of benzene rings is 1. The van der Waals surface area contributed by atoms with Crippen LogP contribution in [0.2, 0.25) is 0 Å². The summed E-state index contributed by atoms with van der Waals surface area (Å²) in [4.78, 5) is 12.7. The Kier molecular flexibility index (Phi) is 8.57. The fourth-order valence-corrected chi connectivity index (χ4v) is 5.29. The summed E-state index contributed by atoms with van der Waals surface area (Å²) < 4.78 is 0. The van der Waals surface area contributed by atoms with Gasteiger partial charge in [0.05, 0.1) is 31.0 Å². The molecule has 33 heavy (non-hydrogen) atoms. The highest BCUT2D eigenvalue weighted by atomic mass is 15.1. The lowest BCUT2D eigenvalue weighted by Gasteiger charge is -2.32. The van der Waals surface area contributed by atoms with Gasteiger partial charge in [0.25, 0.3) is 0 Å². The SMILES string of the molecule is CCCCC(N)c1ncc(-c2ccc(C3CCC(C4CN=C(CNCCC)N4)CC3)cc2)[nH]1. The van der Waals surface area contributed by atoms with Gasteiger partial charge in [-0.3, -0.25) is 4.99 Å². The molecule has 0 spiro atoms. The first kappa shape index (κ1) is 24.0. The van der Waals surface area contributed by atoms with E-state index in [-0.39, 0.29) is 6.04 Å². The van der Waals surface area contributed by atoms with Gasteiger partial charge in [-0.1, -0.05) is 51.0 Å². The maximum atomic E-state index is 6.28. The molecular weight excluding hydrogens is 408 g/mol. The molecule has 2 heterocycles. The number of rotatable bonds is 11. The van der Waals surface area contributed by atoms with E-state index >= 15 is 0 Å². The third-order valence-corrected chi connectivity index (χ3v) is 7.40. The molecule has 1 aromatic carbocycles. The highest BCUT2D eigenvalue weighted by Gasteiger charge is 2.30. The van der Waals surface area contributed by atoms with Crippen molar-refractivity contribution in [2.75, 3.05) is 19.6 Å². The zero-order chi connectivity index (χ0) is 23.0. The Labute approximate surface area is 199 Å². The van der Waals surface area contributed by atoms with Crippen LogP contribution >= 0.6 is 0 Å². The van der Waals surface area contributed by atoms with E-state index in [9.17, 15) is 0 Å². The molecule has 1 fully saturated rings. The number of unbranched alkanes of at least 4 members (excludes halogenated alkanes) is 1. The van der Waals surface area contributed by atoms with Crippen molar-refractivity contribution >= 4 is 5.84 Å². The van der Waals surface area contributed by atoms with Gasteiger partial charge < -0.3 is 21.4 Å². The molecule has 1 aliphatic carbocycles. The van der Waals surface area contributed by atoms with Crippen LogP contribution in [-0.2, 0) is 0 Å². The van der Waals surface area contributed by atoms with Crippen LogP contribution in [0.4, 0.5) is 0 Å². The summed E-state index contributed by atoms with van der Waals surface area (Å²) in [5, 5.41) is 7.14. The van der Waals surface area contributed by atoms with Crippen LogP contribution in [0, 0.1) is 5.92 Å². The minimum Gasteiger partial charge on any atom is -0.368 e. The molecule has 0 bridgehead atoms. The van der Waals surface area contributed by atoms with E-state index in [0.29, 0.717) is 12.0 Å². The summed E-state index contributed by atoms with van der Waals surface area (Å²) in [6.07, 6.45) is 11.5. The molecule has 1 aromatic heterocycles. The quantitative estimate of drug-likeness (QED) is 0.366. The average molecular weight is 451 g/mol. The Hall–Kier alpha value is -2.18. The van der Waals surface area contributed by atoms with Crippen LogP contribution in [-0.4, -0.2) is 41.5 Å². The van der Waals surface area contributed by atoms with Gasteiger partial charge in [0, 0.05) is 6.04 Å². The molecule has 0 radical (unpaired) electrons. The van der Waals surface area contributed by atoms with Gasteiger partial charge in [-0.25, -0.2) is 4.98 Å². The summed E-state index contributed by atoms with van der Waals surface area (Å²) >= 11 is 0. The number of aliphatic imine (C=N–C) groups is 1. The predicted molar refractivity (Wildman–Crippen MR) is 138 cm³/mol. The van der Waals surface area contributed by atoms with Gasteiger partial charge in [0.15, 0.2) is 0 Å². The number of aromatic nitrogens is 2. The van der Waals surface area contributed by atoms with Crippen molar-refractivity contribution in [1.29, 1.82) is 0 Å². The summed E-state index contributed by atoms with van der Waals surface area (Å²) in [6.45, 7) is 7.28. The smallest absolute Gasteiger partial charge is 0.123 e. The van der Waals surface area contributed by atoms with Gasteiger partial charge in [0.2, 0.25) is 0 Å². The fourth-order valence-electron chi connectivity index (χ4n) is 5.29. The Morgan fingerprint density at radius 3 is 2.61 bits per heavy atom. The standard InChI is InChI=1S/C27H42N6/c1-3-5-6-23(28)27-31-17-25(33-27)22-13-9-20(10-14-22)19-7-11-21(12-8-19)24-16-30-26(32-24)18-29-15-4-2/h9-10,13-14,17,19,21,23-24,29H,3-8,11-12,15-16,18,28H2,1-2H3,(H,30,32)(H,31,33).